The largest absolute Gasteiger partial charge is 0.371 e. The van der Waals surface area contributed by atoms with Crippen LogP contribution < -0.4 is 0 Å². The molecule has 0 amide bonds. The van der Waals surface area contributed by atoms with Crippen LogP contribution in [0.4, 0.5) is 0 Å². The van der Waals surface area contributed by atoms with Gasteiger partial charge in [0.05, 0.1) is 36.3 Å². The van der Waals surface area contributed by atoms with Crippen LogP contribution in [0, 0.1) is 0 Å². The van der Waals surface area contributed by atoms with Crippen LogP contribution in [0.25, 0.3) is 0 Å². The van der Waals surface area contributed by atoms with Gasteiger partial charge in [0.2, 0.25) is 0 Å². The van der Waals surface area contributed by atoms with E-state index >= 15 is 0 Å². The highest BCUT2D eigenvalue weighted by Gasteiger charge is 2.45. The van der Waals surface area contributed by atoms with Crippen molar-refractivity contribution in [1.82, 2.24) is 14.9 Å². The van der Waals surface area contributed by atoms with Crippen LogP contribution in [0.5, 0.6) is 0 Å². The molecule has 0 saturated carbocycles. The molecule has 0 radical (unpaired) electrons. The predicted molar refractivity (Wildman–Crippen MR) is 90.2 cm³/mol. The molecule has 2 aromatic rings. The lowest BCUT2D eigenvalue weighted by atomic mass is 9.98. The van der Waals surface area contributed by atoms with Gasteiger partial charge in [0.1, 0.15) is 0 Å². The molecule has 126 valence electrons. The predicted octanol–water partition coefficient (Wildman–Crippen LogP) is 2.43. The lowest BCUT2D eigenvalue weighted by Gasteiger charge is -2.23. The number of hydrogen-bond donors (Lipinski definition) is 0. The van der Waals surface area contributed by atoms with Crippen LogP contribution in [-0.2, 0) is 22.6 Å². The molecular weight excluding hydrogens is 302 g/mol. The van der Waals surface area contributed by atoms with Crippen molar-refractivity contribution in [3.8, 4) is 0 Å². The number of pyridine rings is 2. The minimum Gasteiger partial charge on any atom is -0.371 e. The lowest BCUT2D eigenvalue weighted by molar-refractivity contribution is -0.000843. The van der Waals surface area contributed by atoms with Crippen molar-refractivity contribution in [3.63, 3.8) is 0 Å². The van der Waals surface area contributed by atoms with Crippen molar-refractivity contribution < 1.29 is 9.47 Å². The Bertz CT molecular complexity index is 652. The molecule has 2 fully saturated rings. The van der Waals surface area contributed by atoms with Gasteiger partial charge in [-0.1, -0.05) is 12.1 Å². The number of rotatable bonds is 5. The summed E-state index contributed by atoms with van der Waals surface area (Å²) in [6, 6.07) is 12.0. The quantitative estimate of drug-likeness (QED) is 0.845. The van der Waals surface area contributed by atoms with E-state index in [1.165, 1.54) is 0 Å². The average Bonchev–Trinajstić information content (AvgIpc) is 3.21. The van der Waals surface area contributed by atoms with Gasteiger partial charge in [-0.3, -0.25) is 14.9 Å². The number of ether oxygens (including phenoxy) is 2. The third-order valence-corrected chi connectivity index (χ3v) is 4.88. The first-order valence-corrected chi connectivity index (χ1v) is 8.59. The molecule has 0 bridgehead atoms. The number of nitrogens with zero attached hydrogens (tertiary/aromatic N) is 3. The maximum absolute atomic E-state index is 6.16. The fourth-order valence-electron chi connectivity index (χ4n) is 3.66. The summed E-state index contributed by atoms with van der Waals surface area (Å²) in [7, 11) is 0. The first-order chi connectivity index (χ1) is 11.8. The van der Waals surface area contributed by atoms with Crippen molar-refractivity contribution in [1.29, 1.82) is 0 Å². The molecule has 24 heavy (non-hydrogen) atoms. The van der Waals surface area contributed by atoms with Crippen LogP contribution in [0.15, 0.2) is 48.8 Å². The summed E-state index contributed by atoms with van der Waals surface area (Å²) in [6.45, 7) is 4.16. The molecule has 2 saturated heterocycles. The van der Waals surface area contributed by atoms with E-state index in [4.69, 9.17) is 9.47 Å². The highest BCUT2D eigenvalue weighted by atomic mass is 16.6. The molecular formula is C19H23N3O2. The summed E-state index contributed by atoms with van der Waals surface area (Å²) in [5.74, 6) is 0. The first kappa shape index (κ1) is 15.7. The Morgan fingerprint density at radius 3 is 2.67 bits per heavy atom. The van der Waals surface area contributed by atoms with Crippen LogP contribution in [-0.4, -0.2) is 46.3 Å². The molecule has 2 aliphatic heterocycles. The molecule has 4 heterocycles. The van der Waals surface area contributed by atoms with Gasteiger partial charge in [-0.2, -0.15) is 0 Å². The molecule has 2 atom stereocenters. The Balaban J connectivity index is 1.28. The molecule has 2 aliphatic rings. The summed E-state index contributed by atoms with van der Waals surface area (Å²) < 4.78 is 12.2. The normalized spacial score (nSPS) is 27.1. The molecule has 4 rings (SSSR count). The van der Waals surface area contributed by atoms with E-state index in [1.807, 2.05) is 36.5 Å². The lowest BCUT2D eigenvalue weighted by Crippen LogP contribution is -2.33. The van der Waals surface area contributed by atoms with Crippen LogP contribution in [0.1, 0.15) is 24.2 Å². The van der Waals surface area contributed by atoms with E-state index in [0.717, 1.165) is 43.9 Å². The zero-order valence-electron chi connectivity index (χ0n) is 13.8. The molecule has 1 spiro atoms. The van der Waals surface area contributed by atoms with Gasteiger partial charge >= 0.3 is 0 Å². The van der Waals surface area contributed by atoms with Crippen molar-refractivity contribution >= 4 is 0 Å². The van der Waals surface area contributed by atoms with Crippen molar-refractivity contribution in [3.05, 3.63) is 60.2 Å². The Morgan fingerprint density at radius 2 is 1.92 bits per heavy atom. The fraction of sp³-hybridized carbons (Fsp3) is 0.474. The summed E-state index contributed by atoms with van der Waals surface area (Å²) in [6.07, 6.45) is 5.87. The number of hydrogen-bond acceptors (Lipinski definition) is 5. The third kappa shape index (κ3) is 3.64. The van der Waals surface area contributed by atoms with Gasteiger partial charge in [-0.15, -0.1) is 0 Å². The Kier molecular flexibility index (Phi) is 4.56. The third-order valence-electron chi connectivity index (χ3n) is 4.88. The van der Waals surface area contributed by atoms with Crippen molar-refractivity contribution in [2.24, 2.45) is 0 Å². The maximum Gasteiger partial charge on any atom is 0.0892 e. The van der Waals surface area contributed by atoms with Crippen molar-refractivity contribution in [2.75, 3.05) is 19.7 Å². The minimum atomic E-state index is -0.0381. The number of likely N-dealkylation sites (tertiary alicyclic amines) is 1. The standard InChI is InChI=1S/C19H23N3O2/c1-3-8-20-16(5-1)12-22-10-7-19(15-22)11-18(14-24-19)23-13-17-6-2-4-9-21-17/h1-6,8-9,18H,7,10-15H2/t18-,19-/m0/s1. The van der Waals surface area contributed by atoms with E-state index < -0.39 is 0 Å². The van der Waals surface area contributed by atoms with E-state index in [-0.39, 0.29) is 11.7 Å². The van der Waals surface area contributed by atoms with Crippen LogP contribution >= 0.6 is 0 Å². The second-order valence-electron chi connectivity index (χ2n) is 6.73. The van der Waals surface area contributed by atoms with Gasteiger partial charge in [-0.05, 0) is 30.7 Å². The summed E-state index contributed by atoms with van der Waals surface area (Å²) >= 11 is 0. The first-order valence-electron chi connectivity index (χ1n) is 8.59. The Morgan fingerprint density at radius 1 is 1.12 bits per heavy atom. The average molecular weight is 325 g/mol. The smallest absolute Gasteiger partial charge is 0.0892 e. The van der Waals surface area contributed by atoms with Gasteiger partial charge < -0.3 is 9.47 Å². The summed E-state index contributed by atoms with van der Waals surface area (Å²) in [5, 5.41) is 0. The van der Waals surface area contributed by atoms with Crippen LogP contribution in [0.2, 0.25) is 0 Å². The SMILES string of the molecule is c1ccc(CO[C@@H]2CO[C@@]3(CCN(Cc4ccccn4)C3)C2)nc1. The monoisotopic (exact) mass is 325 g/mol. The molecule has 0 aliphatic carbocycles. The van der Waals surface area contributed by atoms with Crippen LogP contribution in [0.3, 0.4) is 0 Å². The second kappa shape index (κ2) is 6.97. The van der Waals surface area contributed by atoms with Gasteiger partial charge in [0, 0.05) is 38.4 Å². The molecule has 5 nitrogen and oxygen atoms in total. The Hall–Kier alpha value is -1.82. The fourth-order valence-corrected chi connectivity index (χ4v) is 3.66. The molecule has 0 N–H and O–H groups in total. The minimum absolute atomic E-state index is 0.0381. The zero-order valence-corrected chi connectivity index (χ0v) is 13.8. The molecule has 2 aromatic heterocycles. The summed E-state index contributed by atoms with van der Waals surface area (Å²) in [4.78, 5) is 11.2. The van der Waals surface area contributed by atoms with E-state index in [0.29, 0.717) is 13.2 Å². The second-order valence-corrected chi connectivity index (χ2v) is 6.73. The molecule has 0 unspecified atom stereocenters. The van der Waals surface area contributed by atoms with E-state index in [1.54, 1.807) is 6.20 Å². The Labute approximate surface area is 142 Å². The molecule has 0 aromatic carbocycles. The summed E-state index contributed by atoms with van der Waals surface area (Å²) in [5.41, 5.74) is 2.06. The number of aromatic nitrogens is 2. The molecule has 5 heteroatoms. The maximum atomic E-state index is 6.16. The zero-order chi connectivity index (χ0) is 16.2. The van der Waals surface area contributed by atoms with Gasteiger partial charge in [0.15, 0.2) is 0 Å². The van der Waals surface area contributed by atoms with Gasteiger partial charge in [0.25, 0.3) is 0 Å². The highest BCUT2D eigenvalue weighted by Crippen LogP contribution is 2.36. The van der Waals surface area contributed by atoms with E-state index in [9.17, 15) is 0 Å². The topological polar surface area (TPSA) is 47.5 Å². The van der Waals surface area contributed by atoms with E-state index in [2.05, 4.69) is 20.9 Å². The van der Waals surface area contributed by atoms with Gasteiger partial charge in [-0.25, -0.2) is 0 Å². The van der Waals surface area contributed by atoms with Crippen molar-refractivity contribution in [2.45, 2.75) is 37.7 Å². The highest BCUT2D eigenvalue weighted by molar-refractivity contribution is 5.06.